The van der Waals surface area contributed by atoms with E-state index in [2.05, 4.69) is 26.1 Å². The minimum absolute atomic E-state index is 0.146. The normalized spacial score (nSPS) is 11.0. The van der Waals surface area contributed by atoms with Gasteiger partial charge >= 0.3 is 0 Å². The SMILES string of the molecule is Cc1c(C)c(C)c(C(=O)CCc2cccc(NC(=O)C(Cl)Cl)c2)c(C)c1C. The van der Waals surface area contributed by atoms with Crippen LogP contribution in [0.2, 0.25) is 0 Å². The molecule has 27 heavy (non-hydrogen) atoms. The summed E-state index contributed by atoms with van der Waals surface area (Å²) in [7, 11) is 0. The number of benzene rings is 2. The second kappa shape index (κ2) is 8.90. The van der Waals surface area contributed by atoms with Gasteiger partial charge in [0.1, 0.15) is 0 Å². The summed E-state index contributed by atoms with van der Waals surface area (Å²) < 4.78 is 0. The Morgan fingerprint density at radius 1 is 0.926 bits per heavy atom. The molecule has 0 atom stereocenters. The minimum atomic E-state index is -1.12. The molecule has 2 aromatic rings. The summed E-state index contributed by atoms with van der Waals surface area (Å²) in [5.74, 6) is -0.323. The zero-order valence-corrected chi connectivity index (χ0v) is 17.9. The van der Waals surface area contributed by atoms with E-state index in [0.717, 1.165) is 22.3 Å². The molecule has 0 aliphatic rings. The number of hydrogen-bond donors (Lipinski definition) is 1. The number of ketones is 1. The number of carbonyl (C=O) groups excluding carboxylic acids is 2. The van der Waals surface area contributed by atoms with Gasteiger partial charge in [0.15, 0.2) is 10.6 Å². The first-order valence-corrected chi connectivity index (χ1v) is 9.78. The van der Waals surface area contributed by atoms with Gasteiger partial charge in [-0.1, -0.05) is 35.3 Å². The van der Waals surface area contributed by atoms with Crippen molar-refractivity contribution in [2.45, 2.75) is 52.3 Å². The minimum Gasteiger partial charge on any atom is -0.324 e. The topological polar surface area (TPSA) is 46.2 Å². The van der Waals surface area contributed by atoms with E-state index >= 15 is 0 Å². The molecule has 0 radical (unpaired) electrons. The first-order valence-electron chi connectivity index (χ1n) is 8.91. The van der Waals surface area contributed by atoms with Gasteiger partial charge in [0.2, 0.25) is 0 Å². The van der Waals surface area contributed by atoms with Crippen LogP contribution in [0.1, 0.15) is 50.2 Å². The number of Topliss-reactive ketones (excluding diaryl/α,β-unsaturated/α-hetero) is 1. The Kier molecular flexibility index (Phi) is 7.07. The Hall–Kier alpha value is -1.84. The molecule has 0 unspecified atom stereocenters. The molecule has 2 aromatic carbocycles. The molecule has 0 aliphatic heterocycles. The first kappa shape index (κ1) is 21.5. The first-order chi connectivity index (χ1) is 12.6. The third-order valence-corrected chi connectivity index (χ3v) is 5.71. The molecule has 1 N–H and O–H groups in total. The summed E-state index contributed by atoms with van der Waals surface area (Å²) in [5.41, 5.74) is 8.18. The maximum Gasteiger partial charge on any atom is 0.257 e. The average Bonchev–Trinajstić information content (AvgIpc) is 2.63. The summed E-state index contributed by atoms with van der Waals surface area (Å²) in [6, 6.07) is 7.38. The van der Waals surface area contributed by atoms with Crippen LogP contribution in [0.25, 0.3) is 0 Å². The number of amides is 1. The summed E-state index contributed by atoms with van der Waals surface area (Å²) in [4.78, 5) is 23.4. The van der Waals surface area contributed by atoms with Crippen molar-refractivity contribution < 1.29 is 9.59 Å². The number of aryl methyl sites for hydroxylation is 1. The van der Waals surface area contributed by atoms with Crippen molar-refractivity contribution in [3.05, 3.63) is 63.2 Å². The Balaban J connectivity index is 2.16. The van der Waals surface area contributed by atoms with Gasteiger partial charge in [0.05, 0.1) is 0 Å². The third kappa shape index (κ3) is 4.91. The fourth-order valence-electron chi connectivity index (χ4n) is 3.30. The van der Waals surface area contributed by atoms with E-state index in [1.165, 1.54) is 16.7 Å². The van der Waals surface area contributed by atoms with Crippen LogP contribution in [0, 0.1) is 34.6 Å². The summed E-state index contributed by atoms with van der Waals surface area (Å²) in [5, 5.41) is 2.65. The van der Waals surface area contributed by atoms with Crippen LogP contribution in [0.5, 0.6) is 0 Å². The lowest BCUT2D eigenvalue weighted by molar-refractivity contribution is -0.114. The second-order valence-corrected chi connectivity index (χ2v) is 8.01. The molecule has 1 amide bonds. The molecule has 0 saturated heterocycles. The van der Waals surface area contributed by atoms with Gasteiger partial charge in [0.25, 0.3) is 5.91 Å². The number of carbonyl (C=O) groups is 2. The Bertz CT molecular complexity index is 859. The van der Waals surface area contributed by atoms with Crippen molar-refractivity contribution in [2.24, 2.45) is 0 Å². The van der Waals surface area contributed by atoms with E-state index in [1.807, 2.05) is 32.0 Å². The van der Waals surface area contributed by atoms with Crippen molar-refractivity contribution in [3.63, 3.8) is 0 Å². The number of hydrogen-bond acceptors (Lipinski definition) is 2. The Morgan fingerprint density at radius 3 is 2.04 bits per heavy atom. The van der Waals surface area contributed by atoms with Crippen molar-refractivity contribution in [2.75, 3.05) is 5.32 Å². The van der Waals surface area contributed by atoms with E-state index < -0.39 is 10.7 Å². The van der Waals surface area contributed by atoms with Gasteiger partial charge < -0.3 is 5.32 Å². The van der Waals surface area contributed by atoms with E-state index in [4.69, 9.17) is 23.2 Å². The molecule has 0 aromatic heterocycles. The number of nitrogens with one attached hydrogen (secondary N) is 1. The molecule has 5 heteroatoms. The quantitative estimate of drug-likeness (QED) is 0.488. The fraction of sp³-hybridized carbons (Fsp3) is 0.364. The number of rotatable bonds is 6. The van der Waals surface area contributed by atoms with Crippen molar-refractivity contribution >= 4 is 40.6 Å². The van der Waals surface area contributed by atoms with Crippen molar-refractivity contribution in [1.82, 2.24) is 0 Å². The highest BCUT2D eigenvalue weighted by Crippen LogP contribution is 2.27. The van der Waals surface area contributed by atoms with Crippen molar-refractivity contribution in [3.8, 4) is 0 Å². The van der Waals surface area contributed by atoms with Gasteiger partial charge in [-0.2, -0.15) is 0 Å². The Morgan fingerprint density at radius 2 is 1.48 bits per heavy atom. The number of anilines is 1. The van der Waals surface area contributed by atoms with E-state index in [0.29, 0.717) is 18.5 Å². The summed E-state index contributed by atoms with van der Waals surface area (Å²) in [6.45, 7) is 10.3. The molecule has 0 fully saturated rings. The predicted octanol–water partition coefficient (Wildman–Crippen LogP) is 5.79. The number of alkyl halides is 2. The molecular formula is C22H25Cl2NO2. The highest BCUT2D eigenvalue weighted by Gasteiger charge is 2.18. The van der Waals surface area contributed by atoms with Gasteiger partial charge in [-0.15, -0.1) is 0 Å². The van der Waals surface area contributed by atoms with E-state index in [9.17, 15) is 9.59 Å². The van der Waals surface area contributed by atoms with Crippen LogP contribution < -0.4 is 5.32 Å². The maximum absolute atomic E-state index is 12.9. The fourth-order valence-corrected chi connectivity index (χ4v) is 3.41. The van der Waals surface area contributed by atoms with Crippen LogP contribution in [0.3, 0.4) is 0 Å². The van der Waals surface area contributed by atoms with E-state index in [1.54, 1.807) is 6.07 Å². The van der Waals surface area contributed by atoms with Crippen LogP contribution in [0.4, 0.5) is 5.69 Å². The van der Waals surface area contributed by atoms with Gasteiger partial charge in [-0.25, -0.2) is 0 Å². The van der Waals surface area contributed by atoms with Crippen LogP contribution in [-0.2, 0) is 11.2 Å². The largest absolute Gasteiger partial charge is 0.324 e. The van der Waals surface area contributed by atoms with Gasteiger partial charge in [0, 0.05) is 17.7 Å². The molecule has 0 aliphatic carbocycles. The molecule has 0 bridgehead atoms. The lowest BCUT2D eigenvalue weighted by Gasteiger charge is -2.18. The monoisotopic (exact) mass is 405 g/mol. The zero-order valence-electron chi connectivity index (χ0n) is 16.4. The lowest BCUT2D eigenvalue weighted by atomic mass is 9.86. The van der Waals surface area contributed by atoms with Crippen LogP contribution >= 0.6 is 23.2 Å². The van der Waals surface area contributed by atoms with Gasteiger partial charge in [-0.05, 0) is 86.6 Å². The smallest absolute Gasteiger partial charge is 0.257 e. The summed E-state index contributed by atoms with van der Waals surface area (Å²) in [6.07, 6.45) is 1.01. The molecule has 144 valence electrons. The maximum atomic E-state index is 12.9. The predicted molar refractivity (Wildman–Crippen MR) is 113 cm³/mol. The molecular weight excluding hydrogens is 381 g/mol. The zero-order chi connectivity index (χ0) is 20.3. The highest BCUT2D eigenvalue weighted by molar-refractivity contribution is 6.54. The molecule has 0 heterocycles. The second-order valence-electron chi connectivity index (χ2n) is 6.91. The van der Waals surface area contributed by atoms with Gasteiger partial charge in [-0.3, -0.25) is 9.59 Å². The summed E-state index contributed by atoms with van der Waals surface area (Å²) >= 11 is 11.1. The lowest BCUT2D eigenvalue weighted by Crippen LogP contribution is -2.18. The average molecular weight is 406 g/mol. The van der Waals surface area contributed by atoms with Crippen LogP contribution in [0.15, 0.2) is 24.3 Å². The molecule has 0 spiro atoms. The van der Waals surface area contributed by atoms with Crippen molar-refractivity contribution in [1.29, 1.82) is 0 Å². The Labute approximate surface area is 171 Å². The standard InChI is InChI=1S/C22H25Cl2NO2/c1-12-13(2)15(4)20(16(5)14(12)3)19(26)10-9-17-7-6-8-18(11-17)25-22(27)21(23)24/h6-8,11,21H,9-10H2,1-5H3,(H,25,27). The third-order valence-electron chi connectivity index (χ3n) is 5.31. The van der Waals surface area contributed by atoms with E-state index in [-0.39, 0.29) is 5.78 Å². The molecule has 2 rings (SSSR count). The number of halogens is 2. The highest BCUT2D eigenvalue weighted by atomic mass is 35.5. The molecule has 3 nitrogen and oxygen atoms in total. The van der Waals surface area contributed by atoms with Crippen LogP contribution in [-0.4, -0.2) is 16.5 Å². The molecule has 0 saturated carbocycles.